The van der Waals surface area contributed by atoms with Crippen LogP contribution in [0.3, 0.4) is 0 Å². The minimum absolute atomic E-state index is 0.0241. The van der Waals surface area contributed by atoms with Gasteiger partial charge in [-0.3, -0.25) is 0 Å². The summed E-state index contributed by atoms with van der Waals surface area (Å²) in [6, 6.07) is 3.73. The predicted molar refractivity (Wildman–Crippen MR) is 91.8 cm³/mol. The summed E-state index contributed by atoms with van der Waals surface area (Å²) >= 11 is 0. The molecular weight excluding hydrogens is 377 g/mol. The third kappa shape index (κ3) is 4.15. The van der Waals surface area contributed by atoms with Gasteiger partial charge in [0.25, 0.3) is 0 Å². The molecule has 0 N–H and O–H groups in total. The lowest BCUT2D eigenvalue weighted by Gasteiger charge is -2.16. The average molecular weight is 396 g/mol. The largest absolute Gasteiger partial charge is 0.492 e. The lowest BCUT2D eigenvalue weighted by molar-refractivity contribution is -0.159. The van der Waals surface area contributed by atoms with Crippen LogP contribution in [-0.4, -0.2) is 26.9 Å². The summed E-state index contributed by atoms with van der Waals surface area (Å²) in [6.45, 7) is 7.39. The molecular formula is C18H19F3N4O3. The molecule has 0 aliphatic heterocycles. The molecule has 0 fully saturated rings. The van der Waals surface area contributed by atoms with Crippen LogP contribution in [0, 0.1) is 20.8 Å². The highest BCUT2D eigenvalue weighted by atomic mass is 19.4. The van der Waals surface area contributed by atoms with Crippen molar-refractivity contribution in [3.05, 3.63) is 40.9 Å². The molecule has 0 bridgehead atoms. The first-order chi connectivity index (χ1) is 13.2. The summed E-state index contributed by atoms with van der Waals surface area (Å²) < 4.78 is 53.2. The Morgan fingerprint density at radius 3 is 2.21 bits per heavy atom. The van der Waals surface area contributed by atoms with Crippen LogP contribution in [0.15, 0.2) is 21.2 Å². The molecule has 2 aromatic heterocycles. The van der Waals surface area contributed by atoms with Gasteiger partial charge in [0.1, 0.15) is 5.75 Å². The van der Waals surface area contributed by atoms with Crippen LogP contribution in [0.2, 0.25) is 0 Å². The molecule has 3 rings (SSSR count). The molecule has 0 saturated heterocycles. The van der Waals surface area contributed by atoms with E-state index in [1.54, 1.807) is 6.92 Å². The van der Waals surface area contributed by atoms with Crippen LogP contribution < -0.4 is 4.74 Å². The Labute approximate surface area is 158 Å². The third-order valence-corrected chi connectivity index (χ3v) is 4.22. The molecule has 0 radical (unpaired) electrons. The van der Waals surface area contributed by atoms with Crippen LogP contribution in [-0.2, 0) is 6.18 Å². The van der Waals surface area contributed by atoms with Gasteiger partial charge in [0.15, 0.2) is 5.82 Å². The molecule has 150 valence electrons. The van der Waals surface area contributed by atoms with E-state index in [1.807, 2.05) is 32.9 Å². The summed E-state index contributed by atoms with van der Waals surface area (Å²) in [5.41, 5.74) is 2.48. The lowest BCUT2D eigenvalue weighted by Crippen LogP contribution is -2.13. The van der Waals surface area contributed by atoms with Gasteiger partial charge in [-0.15, -0.1) is 0 Å². The molecule has 7 nitrogen and oxygen atoms in total. The molecule has 0 spiro atoms. The lowest BCUT2D eigenvalue weighted by atomic mass is 10.0. The molecule has 1 aromatic carbocycles. The van der Waals surface area contributed by atoms with Gasteiger partial charge < -0.3 is 13.8 Å². The number of rotatable bonds is 6. The molecule has 3 aromatic rings. The van der Waals surface area contributed by atoms with Crippen molar-refractivity contribution in [3.63, 3.8) is 0 Å². The maximum absolute atomic E-state index is 12.7. The Morgan fingerprint density at radius 2 is 1.71 bits per heavy atom. The second kappa shape index (κ2) is 7.61. The number of alkyl halides is 3. The number of aryl methyl sites for hydroxylation is 3. The van der Waals surface area contributed by atoms with E-state index in [4.69, 9.17) is 9.26 Å². The van der Waals surface area contributed by atoms with Crippen molar-refractivity contribution in [3.8, 4) is 17.1 Å². The first-order valence-corrected chi connectivity index (χ1v) is 8.64. The Hall–Kier alpha value is -2.91. The number of nitrogens with zero attached hydrogens (tertiary/aromatic N) is 4. The summed E-state index contributed by atoms with van der Waals surface area (Å²) in [7, 11) is 0. The second-order valence-electron chi connectivity index (χ2n) is 6.45. The van der Waals surface area contributed by atoms with E-state index in [2.05, 4.69) is 24.8 Å². The SMILES string of the molecule is CCC(COc1c(C)cc(-c2noc(C)n2)cc1C)c1noc(C(F)(F)F)n1. The maximum atomic E-state index is 12.7. The standard InChI is InChI=1S/C18H19F3N4O3/c1-5-12(15-23-17(28-25-15)18(19,20)21)8-26-14-9(2)6-13(7-10(14)3)16-22-11(4)27-24-16/h6-7,12H,5,8H2,1-4H3. The number of ether oxygens (including phenoxy) is 1. The molecule has 10 heteroatoms. The molecule has 0 saturated carbocycles. The molecule has 0 aliphatic rings. The number of hydrogen-bond donors (Lipinski definition) is 0. The van der Waals surface area contributed by atoms with Gasteiger partial charge in [-0.2, -0.15) is 23.1 Å². The Bertz CT molecular complexity index is 942. The van der Waals surface area contributed by atoms with Crippen LogP contribution in [0.25, 0.3) is 11.4 Å². The van der Waals surface area contributed by atoms with Crippen molar-refractivity contribution in [2.75, 3.05) is 6.61 Å². The smallest absolute Gasteiger partial charge is 0.471 e. The molecule has 1 atom stereocenters. The van der Waals surface area contributed by atoms with Crippen LogP contribution in [0.1, 0.15) is 48.0 Å². The number of aromatic nitrogens is 4. The van der Waals surface area contributed by atoms with Crippen molar-refractivity contribution in [1.29, 1.82) is 0 Å². The average Bonchev–Trinajstić information content (AvgIpc) is 3.26. The summed E-state index contributed by atoms with van der Waals surface area (Å²) in [4.78, 5) is 7.66. The van der Waals surface area contributed by atoms with E-state index < -0.39 is 18.0 Å². The van der Waals surface area contributed by atoms with Gasteiger partial charge >= 0.3 is 12.1 Å². The zero-order chi connectivity index (χ0) is 20.5. The van der Waals surface area contributed by atoms with E-state index in [-0.39, 0.29) is 12.4 Å². The van der Waals surface area contributed by atoms with Crippen molar-refractivity contribution in [2.45, 2.75) is 46.2 Å². The summed E-state index contributed by atoms with van der Waals surface area (Å²) in [5, 5.41) is 7.36. The zero-order valence-corrected chi connectivity index (χ0v) is 15.8. The van der Waals surface area contributed by atoms with Crippen molar-refractivity contribution in [2.24, 2.45) is 0 Å². The first-order valence-electron chi connectivity index (χ1n) is 8.64. The Kier molecular flexibility index (Phi) is 5.39. The highest BCUT2D eigenvalue weighted by Gasteiger charge is 2.39. The first kappa shape index (κ1) is 19.8. The molecule has 2 heterocycles. The van der Waals surface area contributed by atoms with Crippen molar-refractivity contribution in [1.82, 2.24) is 20.3 Å². The van der Waals surface area contributed by atoms with Gasteiger partial charge in [0, 0.05) is 12.5 Å². The zero-order valence-electron chi connectivity index (χ0n) is 15.8. The minimum Gasteiger partial charge on any atom is -0.492 e. The quantitative estimate of drug-likeness (QED) is 0.600. The highest BCUT2D eigenvalue weighted by Crippen LogP contribution is 2.32. The second-order valence-corrected chi connectivity index (χ2v) is 6.45. The van der Waals surface area contributed by atoms with Gasteiger partial charge in [0.05, 0.1) is 12.5 Å². The summed E-state index contributed by atoms with van der Waals surface area (Å²) in [6.07, 6.45) is -4.17. The molecule has 0 aliphatic carbocycles. The summed E-state index contributed by atoms with van der Waals surface area (Å²) in [5.74, 6) is -0.222. The predicted octanol–water partition coefficient (Wildman–Crippen LogP) is 4.64. The highest BCUT2D eigenvalue weighted by molar-refractivity contribution is 5.60. The normalized spacial score (nSPS) is 13.0. The fourth-order valence-corrected chi connectivity index (χ4v) is 2.80. The van der Waals surface area contributed by atoms with E-state index >= 15 is 0 Å². The molecule has 0 amide bonds. The van der Waals surface area contributed by atoms with Crippen LogP contribution in [0.5, 0.6) is 5.75 Å². The van der Waals surface area contributed by atoms with E-state index in [0.717, 1.165) is 16.7 Å². The van der Waals surface area contributed by atoms with E-state index in [1.165, 1.54) is 0 Å². The fraction of sp³-hybridized carbons (Fsp3) is 0.444. The van der Waals surface area contributed by atoms with E-state index in [9.17, 15) is 13.2 Å². The third-order valence-electron chi connectivity index (χ3n) is 4.22. The molecule has 28 heavy (non-hydrogen) atoms. The maximum Gasteiger partial charge on any atom is 0.471 e. The number of hydrogen-bond acceptors (Lipinski definition) is 7. The van der Waals surface area contributed by atoms with Gasteiger partial charge in [0.2, 0.25) is 11.7 Å². The van der Waals surface area contributed by atoms with E-state index in [0.29, 0.717) is 23.9 Å². The Balaban J connectivity index is 1.76. The fourth-order valence-electron chi connectivity index (χ4n) is 2.80. The van der Waals surface area contributed by atoms with Crippen LogP contribution in [0.4, 0.5) is 13.2 Å². The molecule has 1 unspecified atom stereocenters. The van der Waals surface area contributed by atoms with Crippen LogP contribution >= 0.6 is 0 Å². The minimum atomic E-state index is -4.67. The topological polar surface area (TPSA) is 87.1 Å². The monoisotopic (exact) mass is 396 g/mol. The van der Waals surface area contributed by atoms with Crippen molar-refractivity contribution < 1.29 is 27.0 Å². The Morgan fingerprint density at radius 1 is 1.04 bits per heavy atom. The van der Waals surface area contributed by atoms with Gasteiger partial charge in [-0.1, -0.05) is 17.2 Å². The van der Waals surface area contributed by atoms with Crippen molar-refractivity contribution >= 4 is 0 Å². The number of benzene rings is 1. The van der Waals surface area contributed by atoms with Gasteiger partial charge in [-0.05, 0) is 43.5 Å². The van der Waals surface area contributed by atoms with Gasteiger partial charge in [-0.25, -0.2) is 0 Å². The number of halogens is 3.